The first kappa shape index (κ1) is 70.1. The van der Waals surface area contributed by atoms with E-state index in [1.165, 1.54) is 55.6 Å². The number of aromatic nitrogens is 2. The van der Waals surface area contributed by atoms with Gasteiger partial charge in [0.15, 0.2) is 0 Å². The third kappa shape index (κ3) is 26.4. The summed E-state index contributed by atoms with van der Waals surface area (Å²) in [6, 6.07) is 42.6. The van der Waals surface area contributed by atoms with E-state index in [0.29, 0.717) is 16.2 Å². The minimum absolute atomic E-state index is 0.0615. The van der Waals surface area contributed by atoms with Crippen molar-refractivity contribution in [2.75, 3.05) is 20.3 Å². The number of hydrogen-bond acceptors (Lipinski definition) is 6. The normalized spacial score (nSPS) is 13.9. The molecule has 7 aromatic rings. The smallest absolute Gasteiger partial charge is 0.133 e. The van der Waals surface area contributed by atoms with Crippen LogP contribution in [0.1, 0.15) is 220 Å². The first-order valence-corrected chi connectivity index (χ1v) is 29.8. The molecule has 5 nitrogen and oxygen atoms in total. The number of benzene rings is 4. The van der Waals surface area contributed by atoms with Crippen LogP contribution in [0.2, 0.25) is 0 Å². The van der Waals surface area contributed by atoms with Crippen molar-refractivity contribution in [1.82, 2.24) is 9.97 Å². The topological polar surface area (TPSA) is 57.4 Å². The SMILES string of the molecule is CC(C)(C)C1CCCOC1.CC(C)(C)c1ccc2ccccc2c1.CC(C)(C)c1ccccc1.CCc1cc(C(C)(C)C)ccc1OC.Cc1ccc(C(C)(C)C)o1.Cc1ccc(C(C)(C)C)s1.Cc1ccnc(C(C)(C)C)n1. The van der Waals surface area contributed by atoms with Gasteiger partial charge in [0.25, 0.3) is 0 Å². The maximum atomic E-state index is 5.45. The minimum atomic E-state index is 0.0615. The zero-order valence-corrected chi connectivity index (χ0v) is 55.6. The van der Waals surface area contributed by atoms with Crippen molar-refractivity contribution in [3.8, 4) is 5.75 Å². The van der Waals surface area contributed by atoms with Gasteiger partial charge in [0.1, 0.15) is 23.1 Å². The minimum Gasteiger partial charge on any atom is -0.496 e. The number of ether oxygens (including phenoxy) is 2. The number of aryl methyl sites for hydroxylation is 4. The molecule has 1 fully saturated rings. The van der Waals surface area contributed by atoms with Gasteiger partial charge in [-0.3, -0.25) is 0 Å². The van der Waals surface area contributed by atoms with E-state index in [9.17, 15) is 0 Å². The average molecular weight is 1100 g/mol. The molecule has 436 valence electrons. The van der Waals surface area contributed by atoms with Gasteiger partial charge in [-0.1, -0.05) is 237 Å². The number of fused-ring (bicyclic) bond motifs is 1. The molecule has 0 spiro atoms. The quantitative estimate of drug-likeness (QED) is 0.173. The van der Waals surface area contributed by atoms with Crippen LogP contribution < -0.4 is 4.74 Å². The largest absolute Gasteiger partial charge is 0.496 e. The summed E-state index contributed by atoms with van der Waals surface area (Å²) in [5.74, 6) is 4.74. The zero-order valence-electron chi connectivity index (χ0n) is 54.8. The van der Waals surface area contributed by atoms with Crippen molar-refractivity contribution < 1.29 is 13.9 Å². The van der Waals surface area contributed by atoms with E-state index in [1.807, 2.05) is 49.6 Å². The molecule has 79 heavy (non-hydrogen) atoms. The van der Waals surface area contributed by atoms with Crippen molar-refractivity contribution in [2.45, 2.75) is 225 Å². The highest BCUT2D eigenvalue weighted by Gasteiger charge is 2.26. The molecule has 4 heterocycles. The second-order valence-corrected chi connectivity index (χ2v) is 29.7. The second kappa shape index (κ2) is 30.7. The Labute approximate surface area is 488 Å². The Balaban J connectivity index is 0.000000317. The molecule has 1 aliphatic rings. The van der Waals surface area contributed by atoms with Gasteiger partial charge in [-0.05, 0) is 142 Å². The summed E-state index contributed by atoms with van der Waals surface area (Å²) in [5, 5.41) is 2.65. The van der Waals surface area contributed by atoms with Gasteiger partial charge in [-0.15, -0.1) is 11.3 Å². The number of furan rings is 1. The Morgan fingerprint density at radius 3 is 1.47 bits per heavy atom. The first-order chi connectivity index (χ1) is 36.3. The molecule has 0 bridgehead atoms. The molecular weight excluding hydrogens is 985 g/mol. The van der Waals surface area contributed by atoms with Gasteiger partial charge >= 0.3 is 0 Å². The molecule has 0 saturated carbocycles. The molecule has 8 rings (SSSR count). The number of methoxy groups -OCH3 is 1. The molecule has 0 radical (unpaired) electrons. The monoisotopic (exact) mass is 1090 g/mol. The molecule has 0 amide bonds. The van der Waals surface area contributed by atoms with E-state index in [2.05, 4.69) is 272 Å². The highest BCUT2D eigenvalue weighted by atomic mass is 32.1. The maximum Gasteiger partial charge on any atom is 0.133 e. The lowest BCUT2D eigenvalue weighted by Crippen LogP contribution is -2.29. The number of nitrogens with zero attached hydrogens (tertiary/aromatic N) is 2. The number of rotatable bonds is 2. The highest BCUT2D eigenvalue weighted by Crippen LogP contribution is 2.33. The highest BCUT2D eigenvalue weighted by molar-refractivity contribution is 7.12. The van der Waals surface area contributed by atoms with Gasteiger partial charge in [-0.25, -0.2) is 9.97 Å². The summed E-state index contributed by atoms with van der Waals surface area (Å²) in [7, 11) is 1.73. The Bertz CT molecular complexity index is 2740. The van der Waals surface area contributed by atoms with Crippen LogP contribution in [-0.2, 0) is 43.6 Å². The molecule has 3 aromatic heterocycles. The standard InChI is InChI=1S/C14H16.C13H20O.C10H14.C9H14N2.C9H14O.C9H18O.C9H14S/c1-14(2,3)13-9-8-11-6-4-5-7-12(11)10-13;1-6-10-9-11(13(2,3)4)7-8-12(10)14-5;1-10(2,3)9-7-5-4-6-8-9;1-7-5-6-10-8(11-7)9(2,3)4;1-7-5-6-8(10-7)9(2,3)4;1-9(2,3)8-5-4-6-10-7-8;1-7-5-6-8(10-7)9(2,3)4/h4-10H,1-3H3;7-9H,6H2,1-5H3;4-8H,1-3H3;5-6H,1-4H3;5-6H,1-4H3;8H,4-7H2,1-3H3;5-6H,1-4H3. The molecule has 4 aromatic carbocycles. The van der Waals surface area contributed by atoms with E-state index in [4.69, 9.17) is 13.9 Å². The Morgan fingerprint density at radius 2 is 1.10 bits per heavy atom. The molecule has 0 aliphatic carbocycles. The van der Waals surface area contributed by atoms with E-state index in [0.717, 1.165) is 54.3 Å². The van der Waals surface area contributed by atoms with Crippen LogP contribution >= 0.6 is 11.3 Å². The third-order valence-corrected chi connectivity index (χ3v) is 15.0. The fourth-order valence-corrected chi connectivity index (χ4v) is 8.95. The molecule has 1 saturated heterocycles. The maximum absolute atomic E-state index is 5.45. The van der Waals surface area contributed by atoms with Crippen molar-refractivity contribution >= 4 is 22.1 Å². The summed E-state index contributed by atoms with van der Waals surface area (Å²) < 4.78 is 16.2. The van der Waals surface area contributed by atoms with Crippen LogP contribution in [-0.4, -0.2) is 30.3 Å². The van der Waals surface area contributed by atoms with Gasteiger partial charge in [0.05, 0.1) is 7.11 Å². The molecule has 1 atom stereocenters. The molecule has 1 unspecified atom stereocenters. The van der Waals surface area contributed by atoms with Gasteiger partial charge in [-0.2, -0.15) is 0 Å². The number of hydrogen-bond donors (Lipinski definition) is 0. The fourth-order valence-electron chi connectivity index (χ4n) is 8.02. The van der Waals surface area contributed by atoms with E-state index < -0.39 is 0 Å². The average Bonchev–Trinajstić information content (AvgIpc) is 4.03. The zero-order chi connectivity index (χ0) is 60.2. The molecular formula is C73H110N2O3S. The lowest BCUT2D eigenvalue weighted by Gasteiger charge is -2.33. The van der Waals surface area contributed by atoms with Crippen LogP contribution in [0, 0.1) is 32.1 Å². The summed E-state index contributed by atoms with van der Waals surface area (Å²) in [6.45, 7) is 56.7. The lowest BCUT2D eigenvalue weighted by molar-refractivity contribution is 0.0103. The van der Waals surface area contributed by atoms with Crippen LogP contribution in [0.3, 0.4) is 0 Å². The Morgan fingerprint density at radius 1 is 0.544 bits per heavy atom. The lowest BCUT2D eigenvalue weighted by atomic mass is 9.78. The fraction of sp³-hybridized carbons (Fsp3) is 0.534. The third-order valence-electron chi connectivity index (χ3n) is 13.6. The summed E-state index contributed by atoms with van der Waals surface area (Å²) in [4.78, 5) is 11.4. The van der Waals surface area contributed by atoms with Crippen molar-refractivity contribution in [1.29, 1.82) is 0 Å². The van der Waals surface area contributed by atoms with Crippen molar-refractivity contribution in [3.63, 3.8) is 0 Å². The molecule has 1 aliphatic heterocycles. The van der Waals surface area contributed by atoms with Crippen LogP contribution in [0.4, 0.5) is 0 Å². The van der Waals surface area contributed by atoms with Gasteiger partial charge in [0, 0.05) is 45.7 Å². The van der Waals surface area contributed by atoms with Crippen molar-refractivity contribution in [3.05, 3.63) is 183 Å². The number of thiophene rings is 1. The predicted octanol–water partition coefficient (Wildman–Crippen LogP) is 21.5. The first-order valence-electron chi connectivity index (χ1n) is 29.0. The van der Waals surface area contributed by atoms with Gasteiger partial charge < -0.3 is 13.9 Å². The van der Waals surface area contributed by atoms with Gasteiger partial charge in [0.2, 0.25) is 0 Å². The predicted molar refractivity (Wildman–Crippen MR) is 347 cm³/mol. The Kier molecular flexibility index (Phi) is 27.2. The van der Waals surface area contributed by atoms with E-state index in [-0.39, 0.29) is 21.7 Å². The summed E-state index contributed by atoms with van der Waals surface area (Å²) in [6.07, 6.45) is 5.43. The summed E-state index contributed by atoms with van der Waals surface area (Å²) >= 11 is 1.89. The van der Waals surface area contributed by atoms with Crippen molar-refractivity contribution in [2.24, 2.45) is 11.3 Å². The summed E-state index contributed by atoms with van der Waals surface area (Å²) in [5.41, 5.74) is 8.23. The molecule has 6 heteroatoms. The van der Waals surface area contributed by atoms with Crippen LogP contribution in [0.15, 0.2) is 132 Å². The van der Waals surface area contributed by atoms with E-state index >= 15 is 0 Å². The van der Waals surface area contributed by atoms with E-state index in [1.54, 1.807) is 7.11 Å². The second-order valence-electron chi connectivity index (χ2n) is 28.4. The Hall–Kier alpha value is -5.04. The van der Waals surface area contributed by atoms with Crippen LogP contribution in [0.25, 0.3) is 10.8 Å². The molecule has 0 N–H and O–H groups in total. The van der Waals surface area contributed by atoms with Crippen LogP contribution in [0.5, 0.6) is 5.75 Å².